The Hall–Kier alpha value is -1.92. The van der Waals surface area contributed by atoms with Crippen LogP contribution in [0.5, 0.6) is 0 Å². The van der Waals surface area contributed by atoms with Crippen LogP contribution in [0, 0.1) is 11.8 Å². The number of carbonyl (C=O) groups is 2. The molecule has 3 aliphatic rings. The van der Waals surface area contributed by atoms with E-state index in [0.29, 0.717) is 18.8 Å². The van der Waals surface area contributed by atoms with Crippen LogP contribution < -0.4 is 10.6 Å². The van der Waals surface area contributed by atoms with Gasteiger partial charge in [0.25, 0.3) is 0 Å². The van der Waals surface area contributed by atoms with Crippen LogP contribution in [0.2, 0.25) is 0 Å². The number of aliphatic hydroxyl groups is 1. The van der Waals surface area contributed by atoms with Gasteiger partial charge in [-0.2, -0.15) is 0 Å². The quantitative estimate of drug-likeness (QED) is 0.712. The van der Waals surface area contributed by atoms with E-state index in [2.05, 4.69) is 10.6 Å². The third-order valence-electron chi connectivity index (χ3n) is 6.41. The van der Waals surface area contributed by atoms with E-state index in [9.17, 15) is 14.7 Å². The number of aliphatic hydroxyl groups excluding tert-OH is 1. The van der Waals surface area contributed by atoms with Crippen LogP contribution >= 0.6 is 0 Å². The molecule has 27 heavy (non-hydrogen) atoms. The van der Waals surface area contributed by atoms with Crippen molar-refractivity contribution in [2.75, 3.05) is 19.7 Å². The van der Waals surface area contributed by atoms with Crippen molar-refractivity contribution in [1.29, 1.82) is 0 Å². The number of rotatable bonds is 5. The summed E-state index contributed by atoms with van der Waals surface area (Å²) in [6, 6.07) is 9.27. The highest BCUT2D eigenvalue weighted by atomic mass is 16.3. The summed E-state index contributed by atoms with van der Waals surface area (Å²) in [4.78, 5) is 27.8. The zero-order valence-corrected chi connectivity index (χ0v) is 15.6. The minimum atomic E-state index is -0.420. The van der Waals surface area contributed by atoms with Crippen molar-refractivity contribution in [2.24, 2.45) is 11.8 Å². The molecular weight excluding hydrogens is 342 g/mol. The second kappa shape index (κ2) is 7.98. The first-order valence-corrected chi connectivity index (χ1v) is 10.1. The Morgan fingerprint density at radius 2 is 2.04 bits per heavy atom. The lowest BCUT2D eigenvalue weighted by atomic mass is 9.72. The molecule has 0 spiro atoms. The summed E-state index contributed by atoms with van der Waals surface area (Å²) in [6.07, 6.45) is 4.03. The molecule has 4 rings (SSSR count). The highest BCUT2D eigenvalue weighted by Gasteiger charge is 2.50. The lowest BCUT2D eigenvalue weighted by Crippen LogP contribution is -2.68. The van der Waals surface area contributed by atoms with Gasteiger partial charge in [-0.1, -0.05) is 30.3 Å². The molecule has 0 radical (unpaired) electrons. The first-order valence-electron chi connectivity index (χ1n) is 10.1. The maximum Gasteiger partial charge on any atom is 0.243 e. The van der Waals surface area contributed by atoms with Gasteiger partial charge in [0.05, 0.1) is 12.6 Å². The van der Waals surface area contributed by atoms with Crippen LogP contribution in [0.3, 0.4) is 0 Å². The van der Waals surface area contributed by atoms with E-state index in [1.807, 2.05) is 35.2 Å². The predicted molar refractivity (Wildman–Crippen MR) is 102 cm³/mol. The number of fused-ring (bicyclic) bond motifs is 4. The van der Waals surface area contributed by atoms with Crippen LogP contribution in [0.1, 0.15) is 31.2 Å². The third kappa shape index (κ3) is 3.73. The molecule has 3 fully saturated rings. The van der Waals surface area contributed by atoms with Gasteiger partial charge in [-0.25, -0.2) is 0 Å². The van der Waals surface area contributed by atoms with Gasteiger partial charge in [0.1, 0.15) is 6.04 Å². The summed E-state index contributed by atoms with van der Waals surface area (Å²) < 4.78 is 0. The zero-order chi connectivity index (χ0) is 18.8. The molecule has 2 amide bonds. The number of nitrogens with zero attached hydrogens (tertiary/aromatic N) is 1. The SMILES string of the molecule is O=C(N[C@H](CO)Cc1ccccc1)[C@H]1[C@@H]2CNC[C@@H](C2)[C@@H]2CCCC(=O)N21. The molecular formula is C21H29N3O3. The fourth-order valence-electron chi connectivity index (χ4n) is 5.20. The topological polar surface area (TPSA) is 81.7 Å². The van der Waals surface area contributed by atoms with E-state index in [-0.39, 0.29) is 36.4 Å². The summed E-state index contributed by atoms with van der Waals surface area (Å²) in [5.41, 5.74) is 1.08. The molecule has 0 aliphatic carbocycles. The first-order chi connectivity index (χ1) is 13.2. The van der Waals surface area contributed by atoms with Crippen LogP contribution in [-0.4, -0.2) is 59.6 Å². The van der Waals surface area contributed by atoms with Gasteiger partial charge in [0.15, 0.2) is 0 Å². The Balaban J connectivity index is 1.50. The lowest BCUT2D eigenvalue weighted by molar-refractivity contribution is -0.157. The molecule has 0 aromatic heterocycles. The van der Waals surface area contributed by atoms with Gasteiger partial charge < -0.3 is 20.6 Å². The summed E-state index contributed by atoms with van der Waals surface area (Å²) in [5.74, 6) is 0.608. The normalized spacial score (nSPS) is 31.1. The van der Waals surface area contributed by atoms with Crippen LogP contribution in [0.15, 0.2) is 30.3 Å². The molecule has 1 aromatic rings. The van der Waals surface area contributed by atoms with Crippen molar-refractivity contribution in [3.63, 3.8) is 0 Å². The van der Waals surface area contributed by atoms with Crippen LogP contribution in [-0.2, 0) is 16.0 Å². The van der Waals surface area contributed by atoms with Gasteiger partial charge in [-0.15, -0.1) is 0 Å². The van der Waals surface area contributed by atoms with E-state index in [1.54, 1.807) is 0 Å². The fourth-order valence-corrected chi connectivity index (χ4v) is 5.20. The van der Waals surface area contributed by atoms with Gasteiger partial charge in [-0.05, 0) is 43.7 Å². The smallest absolute Gasteiger partial charge is 0.243 e. The Labute approximate surface area is 160 Å². The number of hydrogen-bond acceptors (Lipinski definition) is 4. The maximum atomic E-state index is 13.2. The van der Waals surface area contributed by atoms with Crippen molar-refractivity contribution in [3.05, 3.63) is 35.9 Å². The zero-order valence-electron chi connectivity index (χ0n) is 15.6. The average Bonchev–Trinajstić information content (AvgIpc) is 2.69. The molecule has 6 heteroatoms. The van der Waals surface area contributed by atoms with Crippen molar-refractivity contribution in [3.8, 4) is 0 Å². The number of hydrogen-bond donors (Lipinski definition) is 3. The van der Waals surface area contributed by atoms with Crippen LogP contribution in [0.4, 0.5) is 0 Å². The van der Waals surface area contributed by atoms with Gasteiger partial charge in [-0.3, -0.25) is 9.59 Å². The van der Waals surface area contributed by atoms with E-state index < -0.39 is 6.04 Å². The second-order valence-corrected chi connectivity index (χ2v) is 8.20. The Kier molecular flexibility index (Phi) is 5.45. The largest absolute Gasteiger partial charge is 0.394 e. The standard InChI is InChI=1S/C21H29N3O3/c25-13-17(9-14-5-2-1-3-6-14)23-21(27)20-16-10-15(11-22-12-16)18-7-4-8-19(26)24(18)20/h1-3,5-6,15-18,20,22,25H,4,7-13H2,(H,23,27)/t15-,16+,17+,18+,20-/m1/s1. The molecule has 0 unspecified atom stereocenters. The summed E-state index contributed by atoms with van der Waals surface area (Å²) in [5, 5.41) is 16.3. The van der Waals surface area contributed by atoms with Crippen molar-refractivity contribution in [2.45, 2.75) is 50.2 Å². The van der Waals surface area contributed by atoms with Gasteiger partial charge >= 0.3 is 0 Å². The highest BCUT2D eigenvalue weighted by Crippen LogP contribution is 2.39. The summed E-state index contributed by atoms with van der Waals surface area (Å²) in [6.45, 7) is 1.59. The first kappa shape index (κ1) is 18.4. The average molecular weight is 371 g/mol. The number of carbonyl (C=O) groups excluding carboxylic acids is 2. The number of benzene rings is 1. The van der Waals surface area contributed by atoms with Crippen LogP contribution in [0.25, 0.3) is 0 Å². The van der Waals surface area contributed by atoms with Gasteiger partial charge in [0, 0.05) is 24.9 Å². The predicted octanol–water partition coefficient (Wildman–Crippen LogP) is 0.695. The molecule has 1 aromatic carbocycles. The Bertz CT molecular complexity index is 681. The fraction of sp³-hybridized carbons (Fsp3) is 0.619. The summed E-state index contributed by atoms with van der Waals surface area (Å²) in [7, 11) is 0. The minimum absolute atomic E-state index is 0.114. The third-order valence-corrected chi connectivity index (χ3v) is 6.41. The molecule has 0 saturated carbocycles. The highest BCUT2D eigenvalue weighted by molar-refractivity contribution is 5.89. The van der Waals surface area contributed by atoms with E-state index in [4.69, 9.17) is 0 Å². The van der Waals surface area contributed by atoms with Crippen molar-refractivity contribution >= 4 is 11.8 Å². The monoisotopic (exact) mass is 371 g/mol. The maximum absolute atomic E-state index is 13.2. The molecule has 5 atom stereocenters. The molecule has 3 N–H and O–H groups in total. The minimum Gasteiger partial charge on any atom is -0.394 e. The van der Waals surface area contributed by atoms with Crippen molar-refractivity contribution < 1.29 is 14.7 Å². The molecule has 3 heterocycles. The Morgan fingerprint density at radius 3 is 2.81 bits per heavy atom. The Morgan fingerprint density at radius 1 is 1.26 bits per heavy atom. The number of piperidine rings is 3. The van der Waals surface area contributed by atoms with E-state index >= 15 is 0 Å². The van der Waals surface area contributed by atoms with Crippen molar-refractivity contribution in [1.82, 2.24) is 15.5 Å². The molecule has 3 saturated heterocycles. The number of amides is 2. The van der Waals surface area contributed by atoms with E-state index in [1.165, 1.54) is 0 Å². The number of nitrogens with one attached hydrogen (secondary N) is 2. The lowest BCUT2D eigenvalue weighted by Gasteiger charge is -2.54. The molecule has 3 aliphatic heterocycles. The molecule has 146 valence electrons. The van der Waals surface area contributed by atoms with E-state index in [0.717, 1.165) is 37.9 Å². The second-order valence-electron chi connectivity index (χ2n) is 8.20. The summed E-state index contributed by atoms with van der Waals surface area (Å²) >= 11 is 0. The van der Waals surface area contributed by atoms with Gasteiger partial charge in [0.2, 0.25) is 11.8 Å². The molecule has 2 bridgehead atoms. The molecule has 6 nitrogen and oxygen atoms in total.